The number of carboxylic acids is 1. The molecule has 0 saturated carbocycles. The van der Waals surface area contributed by atoms with Gasteiger partial charge in [0, 0.05) is 44.4 Å². The van der Waals surface area contributed by atoms with Crippen molar-refractivity contribution in [1.29, 1.82) is 0 Å². The lowest BCUT2D eigenvalue weighted by atomic mass is 10.0. The summed E-state index contributed by atoms with van der Waals surface area (Å²) in [5.41, 5.74) is 3.62. The smallest absolute Gasteiger partial charge is 0.323 e. The minimum Gasteiger partial charge on any atom is -0.494 e. The van der Waals surface area contributed by atoms with Crippen LogP contribution in [0.1, 0.15) is 37.4 Å². The number of carboxylic acid groups (broad SMARTS) is 1. The van der Waals surface area contributed by atoms with Gasteiger partial charge < -0.3 is 25.2 Å². The summed E-state index contributed by atoms with van der Waals surface area (Å²) < 4.78 is 10.9. The maximum Gasteiger partial charge on any atom is 0.323 e. The molecule has 12 nitrogen and oxygen atoms in total. The lowest BCUT2D eigenvalue weighted by molar-refractivity contribution is -0.166. The summed E-state index contributed by atoms with van der Waals surface area (Å²) in [5, 5.41) is 18.6. The fraction of sp³-hybridized carbons (Fsp3) is 0.312. The number of hydrogen-bond acceptors (Lipinski definition) is 7. The minimum absolute atomic E-state index is 0.277. The highest BCUT2D eigenvalue weighted by Gasteiger charge is 2.31. The van der Waals surface area contributed by atoms with Crippen LogP contribution in [0, 0.1) is 6.92 Å². The van der Waals surface area contributed by atoms with Crippen molar-refractivity contribution < 1.29 is 33.8 Å². The van der Waals surface area contributed by atoms with E-state index < -0.39 is 18.0 Å². The number of aliphatic carboxylic acids is 1. The van der Waals surface area contributed by atoms with Gasteiger partial charge in [0.15, 0.2) is 0 Å². The summed E-state index contributed by atoms with van der Waals surface area (Å²) in [6.45, 7) is 6.53. The molecule has 0 aliphatic carbocycles. The van der Waals surface area contributed by atoms with Crippen LogP contribution in [0.25, 0.3) is 0 Å². The first-order chi connectivity index (χ1) is 21.1. The van der Waals surface area contributed by atoms with Crippen LogP contribution in [-0.2, 0) is 19.1 Å². The number of hydrazine groups is 1. The third-order valence-electron chi connectivity index (χ3n) is 7.21. The van der Waals surface area contributed by atoms with Gasteiger partial charge in [0.1, 0.15) is 5.75 Å². The summed E-state index contributed by atoms with van der Waals surface area (Å²) in [4.78, 5) is 51.6. The molecule has 1 heterocycles. The van der Waals surface area contributed by atoms with Crippen LogP contribution in [0.5, 0.6) is 5.75 Å². The van der Waals surface area contributed by atoms with Crippen molar-refractivity contribution in [2.75, 3.05) is 48.9 Å². The van der Waals surface area contributed by atoms with Crippen molar-refractivity contribution in [3.8, 4) is 5.75 Å². The second-order valence-electron chi connectivity index (χ2n) is 10.3. The zero-order chi connectivity index (χ0) is 31.8. The molecule has 232 valence electrons. The number of benzene rings is 3. The molecule has 3 N–H and O–H groups in total. The molecule has 1 fully saturated rings. The number of ether oxygens (including phenoxy) is 2. The number of carbonyl (C=O) groups is 4. The molecule has 0 radical (unpaired) electrons. The van der Waals surface area contributed by atoms with Gasteiger partial charge in [-0.05, 0) is 48.4 Å². The van der Waals surface area contributed by atoms with E-state index in [9.17, 15) is 24.3 Å². The van der Waals surface area contributed by atoms with Crippen molar-refractivity contribution in [2.45, 2.75) is 33.2 Å². The van der Waals surface area contributed by atoms with Gasteiger partial charge in [-0.3, -0.25) is 24.3 Å². The molecule has 0 spiro atoms. The Bertz CT molecular complexity index is 1510. The minimum atomic E-state index is -1.04. The van der Waals surface area contributed by atoms with Crippen LogP contribution in [0.3, 0.4) is 0 Å². The van der Waals surface area contributed by atoms with Crippen LogP contribution in [0.4, 0.5) is 27.5 Å². The number of urea groups is 1. The highest BCUT2D eigenvalue weighted by atomic mass is 16.5. The van der Waals surface area contributed by atoms with E-state index in [4.69, 9.17) is 9.47 Å². The fourth-order valence-corrected chi connectivity index (χ4v) is 5.17. The van der Waals surface area contributed by atoms with Gasteiger partial charge in [0.2, 0.25) is 11.8 Å². The zero-order valence-corrected chi connectivity index (χ0v) is 25.2. The van der Waals surface area contributed by atoms with Crippen LogP contribution in [0.15, 0.2) is 66.7 Å². The molecule has 12 heteroatoms. The Hall–Kier alpha value is -4.94. The number of aryl methyl sites for hydroxylation is 1. The predicted molar refractivity (Wildman–Crippen MR) is 166 cm³/mol. The van der Waals surface area contributed by atoms with E-state index in [1.165, 1.54) is 30.9 Å². The molecule has 3 aromatic carbocycles. The van der Waals surface area contributed by atoms with Gasteiger partial charge in [0.25, 0.3) is 0 Å². The standard InChI is InChI=1S/C32H37N5O7/c1-21-7-5-6-8-27(21)33-32(42)34-28-14-13-26(19-30(28)43-4)36(22(2)38)25-11-9-24(10-12-25)29(20-31(40)41)37(23(3)39)35-15-17-44-18-16-35/h5-14,19,29H,15-18,20H2,1-4H3,(H,40,41)(H2,33,34,42). The van der Waals surface area contributed by atoms with Crippen LogP contribution in [0.2, 0.25) is 0 Å². The van der Waals surface area contributed by atoms with Gasteiger partial charge in [-0.2, -0.15) is 0 Å². The quantitative estimate of drug-likeness (QED) is 0.296. The van der Waals surface area contributed by atoms with E-state index >= 15 is 0 Å². The van der Waals surface area contributed by atoms with Crippen molar-refractivity contribution >= 4 is 46.6 Å². The van der Waals surface area contributed by atoms with Gasteiger partial charge >= 0.3 is 12.0 Å². The molecular weight excluding hydrogens is 566 g/mol. The van der Waals surface area contributed by atoms with Gasteiger partial charge in [-0.15, -0.1) is 0 Å². The Morgan fingerprint density at radius 3 is 2.14 bits per heavy atom. The normalized spacial score (nSPS) is 13.8. The van der Waals surface area contributed by atoms with Crippen molar-refractivity contribution in [2.24, 2.45) is 0 Å². The number of hydrogen-bond donors (Lipinski definition) is 3. The van der Waals surface area contributed by atoms with E-state index in [2.05, 4.69) is 10.6 Å². The maximum absolute atomic E-state index is 12.9. The van der Waals surface area contributed by atoms with Gasteiger partial charge in [-0.25, -0.2) is 9.80 Å². The van der Waals surface area contributed by atoms with Crippen LogP contribution < -0.4 is 20.3 Å². The van der Waals surface area contributed by atoms with E-state index in [1.807, 2.05) is 30.1 Å². The molecule has 3 aromatic rings. The highest BCUT2D eigenvalue weighted by Crippen LogP contribution is 2.35. The van der Waals surface area contributed by atoms with Crippen LogP contribution in [-0.4, -0.2) is 72.4 Å². The second-order valence-corrected chi connectivity index (χ2v) is 10.3. The molecule has 1 aliphatic rings. The molecule has 4 amide bonds. The average Bonchev–Trinajstić information content (AvgIpc) is 2.99. The van der Waals surface area contributed by atoms with Crippen LogP contribution >= 0.6 is 0 Å². The molecule has 1 unspecified atom stereocenters. The summed E-state index contributed by atoms with van der Waals surface area (Å²) in [5.74, 6) is -1.26. The Kier molecular flexibility index (Phi) is 10.5. The molecule has 4 rings (SSSR count). The topological polar surface area (TPSA) is 141 Å². The predicted octanol–water partition coefficient (Wildman–Crippen LogP) is 4.94. The van der Waals surface area contributed by atoms with Crippen molar-refractivity contribution in [3.05, 3.63) is 77.9 Å². The molecule has 0 aromatic heterocycles. The number of para-hydroxylation sites is 1. The number of rotatable bonds is 10. The molecule has 1 atom stereocenters. The zero-order valence-electron chi connectivity index (χ0n) is 25.2. The summed E-state index contributed by atoms with van der Waals surface area (Å²) >= 11 is 0. The molecule has 1 aliphatic heterocycles. The fourth-order valence-electron chi connectivity index (χ4n) is 5.17. The highest BCUT2D eigenvalue weighted by molar-refractivity contribution is 6.03. The van der Waals surface area contributed by atoms with E-state index in [0.717, 1.165) is 5.56 Å². The number of morpholine rings is 1. The van der Waals surface area contributed by atoms with Crippen molar-refractivity contribution in [1.82, 2.24) is 10.0 Å². The first kappa shape index (κ1) is 32.0. The summed E-state index contributed by atoms with van der Waals surface area (Å²) in [6, 6.07) is 18.0. The number of nitrogens with zero attached hydrogens (tertiary/aromatic N) is 3. The largest absolute Gasteiger partial charge is 0.494 e. The number of anilines is 4. The molecule has 44 heavy (non-hydrogen) atoms. The average molecular weight is 604 g/mol. The second kappa shape index (κ2) is 14.5. The first-order valence-electron chi connectivity index (χ1n) is 14.2. The molecule has 1 saturated heterocycles. The monoisotopic (exact) mass is 603 g/mol. The first-order valence-corrected chi connectivity index (χ1v) is 14.2. The Morgan fingerprint density at radius 1 is 0.909 bits per heavy atom. The summed E-state index contributed by atoms with van der Waals surface area (Å²) in [7, 11) is 1.47. The van der Waals surface area contributed by atoms with Crippen molar-refractivity contribution in [3.63, 3.8) is 0 Å². The maximum atomic E-state index is 12.9. The molecule has 0 bridgehead atoms. The Labute approximate surface area is 256 Å². The number of methoxy groups -OCH3 is 1. The van der Waals surface area contributed by atoms with E-state index in [1.54, 1.807) is 48.5 Å². The lowest BCUT2D eigenvalue weighted by Crippen LogP contribution is -2.52. The SMILES string of the molecule is COc1cc(N(C(C)=O)c2ccc(C(CC(=O)O)N(C(C)=O)N3CCOCC3)cc2)ccc1NC(=O)Nc1ccccc1C. The number of amides is 4. The third kappa shape index (κ3) is 7.71. The van der Waals surface area contributed by atoms with E-state index in [0.29, 0.717) is 60.4 Å². The Morgan fingerprint density at radius 2 is 1.55 bits per heavy atom. The summed E-state index contributed by atoms with van der Waals surface area (Å²) in [6.07, 6.45) is -0.296. The number of carbonyl (C=O) groups excluding carboxylic acids is 3. The van der Waals surface area contributed by atoms with E-state index in [-0.39, 0.29) is 18.2 Å². The Balaban J connectivity index is 1.59. The van der Waals surface area contributed by atoms with Gasteiger partial charge in [0.05, 0.1) is 44.2 Å². The molecular formula is C32H37N5O7. The lowest BCUT2D eigenvalue weighted by Gasteiger charge is -2.41. The third-order valence-corrected chi connectivity index (χ3v) is 7.21. The van der Waals surface area contributed by atoms with Gasteiger partial charge in [-0.1, -0.05) is 30.3 Å². The number of nitrogens with one attached hydrogen (secondary N) is 2.